The molecule has 2 N–H and O–H groups in total. The molecule has 1 aromatic rings. The minimum absolute atomic E-state index is 0.0471. The SMILES string of the molecule is Cc1ccsc1[C@H]1C[C@@H]1C(=O)N[C@H](C)C(=O)O. The van der Waals surface area contributed by atoms with Gasteiger partial charge in [-0.05, 0) is 37.3 Å². The molecule has 0 radical (unpaired) electrons. The van der Waals surface area contributed by atoms with Crippen molar-refractivity contribution in [2.75, 3.05) is 0 Å². The van der Waals surface area contributed by atoms with E-state index >= 15 is 0 Å². The zero-order valence-corrected chi connectivity index (χ0v) is 10.6. The van der Waals surface area contributed by atoms with Gasteiger partial charge in [-0.1, -0.05) is 0 Å². The van der Waals surface area contributed by atoms with Crippen molar-refractivity contribution in [1.29, 1.82) is 0 Å². The Morgan fingerprint density at radius 2 is 2.29 bits per heavy atom. The van der Waals surface area contributed by atoms with Crippen LogP contribution in [-0.2, 0) is 9.59 Å². The minimum atomic E-state index is -0.997. The second-order valence-corrected chi connectivity index (χ2v) is 5.43. The van der Waals surface area contributed by atoms with E-state index in [1.54, 1.807) is 11.3 Å². The Hall–Kier alpha value is -1.36. The molecule has 2 rings (SSSR count). The summed E-state index contributed by atoms with van der Waals surface area (Å²) in [6.07, 6.45) is 0.833. The molecule has 1 amide bonds. The van der Waals surface area contributed by atoms with E-state index in [9.17, 15) is 9.59 Å². The van der Waals surface area contributed by atoms with E-state index in [0.29, 0.717) is 0 Å². The normalized spacial score (nSPS) is 24.1. The van der Waals surface area contributed by atoms with Crippen LogP contribution >= 0.6 is 11.3 Å². The first-order chi connectivity index (χ1) is 8.00. The highest BCUT2D eigenvalue weighted by Gasteiger charge is 2.45. The Kier molecular flexibility index (Phi) is 3.19. The molecule has 0 unspecified atom stereocenters. The zero-order chi connectivity index (χ0) is 12.6. The van der Waals surface area contributed by atoms with Gasteiger partial charge in [-0.15, -0.1) is 11.3 Å². The third kappa shape index (κ3) is 2.49. The maximum absolute atomic E-state index is 11.8. The number of aryl methyl sites for hydroxylation is 1. The summed E-state index contributed by atoms with van der Waals surface area (Å²) < 4.78 is 0. The Bertz CT molecular complexity index is 454. The average molecular weight is 253 g/mol. The van der Waals surface area contributed by atoms with E-state index in [4.69, 9.17) is 5.11 Å². The predicted octanol–water partition coefficient (Wildman–Crippen LogP) is 1.75. The molecule has 0 spiro atoms. The van der Waals surface area contributed by atoms with Crippen LogP contribution in [0.5, 0.6) is 0 Å². The molecule has 3 atom stereocenters. The summed E-state index contributed by atoms with van der Waals surface area (Å²) in [4.78, 5) is 23.7. The number of rotatable bonds is 4. The highest BCUT2D eigenvalue weighted by molar-refractivity contribution is 7.10. The fourth-order valence-electron chi connectivity index (χ4n) is 1.92. The molecule has 0 saturated heterocycles. The fraction of sp³-hybridized carbons (Fsp3) is 0.500. The van der Waals surface area contributed by atoms with Crippen LogP contribution in [0.3, 0.4) is 0 Å². The topological polar surface area (TPSA) is 66.4 Å². The van der Waals surface area contributed by atoms with E-state index < -0.39 is 12.0 Å². The van der Waals surface area contributed by atoms with Crippen molar-refractivity contribution < 1.29 is 14.7 Å². The number of hydrogen-bond donors (Lipinski definition) is 2. The molecule has 0 aromatic carbocycles. The largest absolute Gasteiger partial charge is 0.480 e. The second-order valence-electron chi connectivity index (χ2n) is 4.49. The molecular weight excluding hydrogens is 238 g/mol. The van der Waals surface area contributed by atoms with Gasteiger partial charge in [0.05, 0.1) is 0 Å². The van der Waals surface area contributed by atoms with Gasteiger partial charge >= 0.3 is 5.97 Å². The summed E-state index contributed by atoms with van der Waals surface area (Å²) >= 11 is 1.67. The Labute approximate surface area is 104 Å². The van der Waals surface area contributed by atoms with E-state index in [1.807, 2.05) is 18.4 Å². The van der Waals surface area contributed by atoms with Gasteiger partial charge in [0.25, 0.3) is 0 Å². The van der Waals surface area contributed by atoms with Crippen LogP contribution in [0.1, 0.15) is 29.7 Å². The molecule has 0 aliphatic heterocycles. The standard InChI is InChI=1S/C12H15NO3S/c1-6-3-4-17-10(6)8-5-9(8)11(14)13-7(2)12(15)16/h3-4,7-9H,5H2,1-2H3,(H,13,14)(H,15,16)/t7-,8+,9+/m1/s1. The number of hydrogen-bond acceptors (Lipinski definition) is 3. The van der Waals surface area contributed by atoms with Gasteiger partial charge in [0.2, 0.25) is 5.91 Å². The van der Waals surface area contributed by atoms with Crippen molar-refractivity contribution in [2.45, 2.75) is 32.2 Å². The number of carboxylic acids is 1. The second kappa shape index (κ2) is 4.49. The molecule has 92 valence electrons. The summed E-state index contributed by atoms with van der Waals surface area (Å²) in [7, 11) is 0. The number of amides is 1. The summed E-state index contributed by atoms with van der Waals surface area (Å²) in [5, 5.41) is 13.3. The highest BCUT2D eigenvalue weighted by atomic mass is 32.1. The summed E-state index contributed by atoms with van der Waals surface area (Å²) in [6, 6.07) is 1.24. The number of thiophene rings is 1. The first-order valence-corrected chi connectivity index (χ1v) is 6.46. The Morgan fingerprint density at radius 1 is 1.59 bits per heavy atom. The van der Waals surface area contributed by atoms with E-state index in [0.717, 1.165) is 6.42 Å². The fourth-order valence-corrected chi connectivity index (χ4v) is 3.03. The van der Waals surface area contributed by atoms with Crippen molar-refractivity contribution in [2.24, 2.45) is 5.92 Å². The molecule has 17 heavy (non-hydrogen) atoms. The smallest absolute Gasteiger partial charge is 0.325 e. The third-order valence-electron chi connectivity index (χ3n) is 3.09. The Morgan fingerprint density at radius 3 is 2.82 bits per heavy atom. The number of carbonyl (C=O) groups excluding carboxylic acids is 1. The summed E-state index contributed by atoms with van der Waals surface area (Å²) in [5.74, 6) is -0.898. The highest BCUT2D eigenvalue weighted by Crippen LogP contribution is 2.50. The van der Waals surface area contributed by atoms with Crippen LogP contribution < -0.4 is 5.32 Å². The molecular formula is C12H15NO3S. The lowest BCUT2D eigenvalue weighted by Gasteiger charge is -2.08. The molecule has 4 nitrogen and oxygen atoms in total. The zero-order valence-electron chi connectivity index (χ0n) is 9.77. The van der Waals surface area contributed by atoms with Crippen LogP contribution in [0.25, 0.3) is 0 Å². The quantitative estimate of drug-likeness (QED) is 0.859. The molecule has 1 heterocycles. The average Bonchev–Trinajstić information content (AvgIpc) is 2.94. The van der Waals surface area contributed by atoms with Gasteiger partial charge in [0, 0.05) is 16.7 Å². The van der Waals surface area contributed by atoms with Gasteiger partial charge in [-0.25, -0.2) is 0 Å². The maximum atomic E-state index is 11.8. The van der Waals surface area contributed by atoms with Gasteiger partial charge < -0.3 is 10.4 Å². The van der Waals surface area contributed by atoms with Gasteiger partial charge in [0.15, 0.2) is 0 Å². The molecule has 1 aliphatic rings. The first-order valence-electron chi connectivity index (χ1n) is 5.58. The predicted molar refractivity (Wildman–Crippen MR) is 65.1 cm³/mol. The van der Waals surface area contributed by atoms with Crippen molar-refractivity contribution in [3.63, 3.8) is 0 Å². The van der Waals surface area contributed by atoms with E-state index in [2.05, 4.69) is 5.32 Å². The van der Waals surface area contributed by atoms with Gasteiger partial charge in [0.1, 0.15) is 6.04 Å². The van der Waals surface area contributed by atoms with Crippen molar-refractivity contribution in [3.05, 3.63) is 21.9 Å². The van der Waals surface area contributed by atoms with Crippen LogP contribution in [-0.4, -0.2) is 23.0 Å². The van der Waals surface area contributed by atoms with Crippen LogP contribution in [0.2, 0.25) is 0 Å². The van der Waals surface area contributed by atoms with Crippen LogP contribution in [0, 0.1) is 12.8 Å². The molecule has 1 saturated carbocycles. The maximum Gasteiger partial charge on any atom is 0.325 e. The molecule has 0 bridgehead atoms. The minimum Gasteiger partial charge on any atom is -0.480 e. The van der Waals surface area contributed by atoms with Crippen LogP contribution in [0.4, 0.5) is 0 Å². The molecule has 1 aliphatic carbocycles. The number of carbonyl (C=O) groups is 2. The van der Waals surface area contributed by atoms with Crippen molar-refractivity contribution >= 4 is 23.2 Å². The molecule has 1 fully saturated rings. The lowest BCUT2D eigenvalue weighted by Crippen LogP contribution is -2.39. The summed E-state index contributed by atoms with van der Waals surface area (Å²) in [5.41, 5.74) is 1.22. The van der Waals surface area contributed by atoms with Crippen molar-refractivity contribution in [3.8, 4) is 0 Å². The number of nitrogens with one attached hydrogen (secondary N) is 1. The third-order valence-corrected chi connectivity index (χ3v) is 4.25. The van der Waals surface area contributed by atoms with Crippen molar-refractivity contribution in [1.82, 2.24) is 5.32 Å². The van der Waals surface area contributed by atoms with E-state index in [-0.39, 0.29) is 17.7 Å². The number of aliphatic carboxylic acids is 1. The lowest BCUT2D eigenvalue weighted by atomic mass is 10.2. The molecule has 5 heteroatoms. The van der Waals surface area contributed by atoms with Gasteiger partial charge in [-0.2, -0.15) is 0 Å². The van der Waals surface area contributed by atoms with Gasteiger partial charge in [-0.3, -0.25) is 9.59 Å². The number of carboxylic acid groups (broad SMARTS) is 1. The first kappa shape index (κ1) is 12.1. The lowest BCUT2D eigenvalue weighted by molar-refractivity contribution is -0.141. The Balaban J connectivity index is 1.93. The van der Waals surface area contributed by atoms with Crippen LogP contribution in [0.15, 0.2) is 11.4 Å². The summed E-state index contributed by atoms with van der Waals surface area (Å²) in [6.45, 7) is 3.52. The monoisotopic (exact) mass is 253 g/mol. The molecule has 1 aromatic heterocycles. The van der Waals surface area contributed by atoms with E-state index in [1.165, 1.54) is 17.4 Å².